The van der Waals surface area contributed by atoms with Crippen LogP contribution in [-0.2, 0) is 0 Å². The van der Waals surface area contributed by atoms with Crippen molar-refractivity contribution in [2.45, 2.75) is 12.8 Å². The molecule has 0 aliphatic carbocycles. The number of pyridine rings is 1. The second-order valence-electron chi connectivity index (χ2n) is 4.84. The molecular weight excluding hydrogens is 256 g/mol. The van der Waals surface area contributed by atoms with Gasteiger partial charge in [0.1, 0.15) is 0 Å². The number of hydrogen-bond acceptors (Lipinski definition) is 4. The average Bonchev–Trinajstić information content (AvgIpc) is 3.01. The van der Waals surface area contributed by atoms with Crippen LogP contribution in [0.3, 0.4) is 0 Å². The van der Waals surface area contributed by atoms with E-state index >= 15 is 0 Å². The van der Waals surface area contributed by atoms with Crippen LogP contribution in [0.15, 0.2) is 35.8 Å². The lowest BCUT2D eigenvalue weighted by molar-refractivity contribution is 0.210. The number of hydrogen-bond donors (Lipinski definition) is 1. The normalized spacial score (nSPS) is 16.4. The number of thiophene rings is 1. The van der Waals surface area contributed by atoms with Crippen molar-refractivity contribution in [3.8, 4) is 16.3 Å². The molecule has 3 nitrogen and oxygen atoms in total. The number of piperidine rings is 1. The van der Waals surface area contributed by atoms with Crippen LogP contribution in [0.2, 0.25) is 0 Å². The van der Waals surface area contributed by atoms with Gasteiger partial charge in [0.15, 0.2) is 0 Å². The Kier molecular flexibility index (Phi) is 4.10. The number of nitrogens with one attached hydrogen (secondary N) is 1. The molecule has 1 aliphatic heterocycles. The zero-order valence-electron chi connectivity index (χ0n) is 10.8. The van der Waals surface area contributed by atoms with Gasteiger partial charge in [0.05, 0.1) is 12.2 Å². The lowest BCUT2D eigenvalue weighted by Gasteiger charge is -2.22. The monoisotopic (exact) mass is 274 g/mol. The third-order valence-corrected chi connectivity index (χ3v) is 4.38. The second-order valence-corrected chi connectivity index (χ2v) is 5.79. The largest absolute Gasteiger partial charge is 0.477 e. The van der Waals surface area contributed by atoms with Crippen molar-refractivity contribution in [1.82, 2.24) is 10.3 Å². The summed E-state index contributed by atoms with van der Waals surface area (Å²) in [5.41, 5.74) is 1.10. The smallest absolute Gasteiger partial charge is 0.222 e. The summed E-state index contributed by atoms with van der Waals surface area (Å²) in [6.07, 6.45) is 4.19. The lowest BCUT2D eigenvalue weighted by Crippen LogP contribution is -2.30. The SMILES string of the molecule is c1csc(-c2cccnc2OCC2CCNCC2)c1. The summed E-state index contributed by atoms with van der Waals surface area (Å²) in [6, 6.07) is 8.21. The highest BCUT2D eigenvalue weighted by Crippen LogP contribution is 2.31. The molecule has 0 atom stereocenters. The molecule has 0 bridgehead atoms. The Bertz CT molecular complexity index is 507. The van der Waals surface area contributed by atoms with Crippen LogP contribution in [0, 0.1) is 5.92 Å². The minimum atomic E-state index is 0.652. The van der Waals surface area contributed by atoms with E-state index in [1.54, 1.807) is 17.5 Å². The van der Waals surface area contributed by atoms with Crippen LogP contribution in [0.1, 0.15) is 12.8 Å². The predicted octanol–water partition coefficient (Wildman–Crippen LogP) is 3.19. The summed E-state index contributed by atoms with van der Waals surface area (Å²) in [5.74, 6) is 1.42. The first-order valence-corrected chi connectivity index (χ1v) is 7.64. The van der Waals surface area contributed by atoms with E-state index < -0.39 is 0 Å². The molecule has 2 aromatic heterocycles. The van der Waals surface area contributed by atoms with E-state index in [1.165, 1.54) is 17.7 Å². The minimum Gasteiger partial charge on any atom is -0.477 e. The van der Waals surface area contributed by atoms with Gasteiger partial charge in [0.2, 0.25) is 5.88 Å². The highest BCUT2D eigenvalue weighted by atomic mass is 32.1. The Morgan fingerprint density at radius 3 is 2.95 bits per heavy atom. The Balaban J connectivity index is 1.70. The van der Waals surface area contributed by atoms with Crippen LogP contribution in [0.5, 0.6) is 5.88 Å². The molecule has 4 heteroatoms. The summed E-state index contributed by atoms with van der Waals surface area (Å²) in [4.78, 5) is 5.60. The van der Waals surface area contributed by atoms with E-state index in [0.29, 0.717) is 5.92 Å². The van der Waals surface area contributed by atoms with E-state index in [2.05, 4.69) is 33.9 Å². The molecule has 0 unspecified atom stereocenters. The predicted molar refractivity (Wildman–Crippen MR) is 78.6 cm³/mol. The number of rotatable bonds is 4. The van der Waals surface area contributed by atoms with Crippen molar-refractivity contribution in [2.24, 2.45) is 5.92 Å². The zero-order chi connectivity index (χ0) is 12.9. The molecule has 19 heavy (non-hydrogen) atoms. The maximum Gasteiger partial charge on any atom is 0.222 e. The molecule has 0 radical (unpaired) electrons. The summed E-state index contributed by atoms with van der Waals surface area (Å²) in [6.45, 7) is 2.99. The van der Waals surface area contributed by atoms with Gasteiger partial charge in [0.25, 0.3) is 0 Å². The summed E-state index contributed by atoms with van der Waals surface area (Å²) < 4.78 is 5.97. The van der Waals surface area contributed by atoms with Gasteiger partial charge in [-0.1, -0.05) is 6.07 Å². The number of nitrogens with zero attached hydrogens (tertiary/aromatic N) is 1. The van der Waals surface area contributed by atoms with E-state index in [1.807, 2.05) is 6.07 Å². The van der Waals surface area contributed by atoms with E-state index in [4.69, 9.17) is 4.74 Å². The third kappa shape index (κ3) is 3.14. The Labute approximate surface area is 117 Å². The first-order chi connectivity index (χ1) is 9.43. The van der Waals surface area contributed by atoms with Crippen LogP contribution >= 0.6 is 11.3 Å². The van der Waals surface area contributed by atoms with Gasteiger partial charge >= 0.3 is 0 Å². The van der Waals surface area contributed by atoms with Crippen LogP contribution in [0.25, 0.3) is 10.4 Å². The molecule has 1 aliphatic rings. The fourth-order valence-electron chi connectivity index (χ4n) is 2.37. The minimum absolute atomic E-state index is 0.652. The van der Waals surface area contributed by atoms with Gasteiger partial charge in [-0.05, 0) is 55.4 Å². The summed E-state index contributed by atoms with van der Waals surface area (Å²) in [5, 5.41) is 5.46. The van der Waals surface area contributed by atoms with Gasteiger partial charge in [-0.2, -0.15) is 0 Å². The van der Waals surface area contributed by atoms with Crippen LogP contribution < -0.4 is 10.1 Å². The fourth-order valence-corrected chi connectivity index (χ4v) is 3.11. The molecule has 0 aromatic carbocycles. The summed E-state index contributed by atoms with van der Waals surface area (Å²) in [7, 11) is 0. The van der Waals surface area contributed by atoms with Gasteiger partial charge in [-0.15, -0.1) is 11.3 Å². The lowest BCUT2D eigenvalue weighted by atomic mass is 9.99. The van der Waals surface area contributed by atoms with Crippen molar-refractivity contribution in [3.05, 3.63) is 35.8 Å². The molecule has 0 spiro atoms. The molecule has 0 amide bonds. The van der Waals surface area contributed by atoms with Crippen molar-refractivity contribution in [1.29, 1.82) is 0 Å². The molecule has 1 N–H and O–H groups in total. The summed E-state index contributed by atoms with van der Waals surface area (Å²) >= 11 is 1.72. The van der Waals surface area contributed by atoms with Crippen molar-refractivity contribution in [3.63, 3.8) is 0 Å². The van der Waals surface area contributed by atoms with Crippen molar-refractivity contribution < 1.29 is 4.74 Å². The Morgan fingerprint density at radius 2 is 2.16 bits per heavy atom. The molecular formula is C15H18N2OS. The zero-order valence-corrected chi connectivity index (χ0v) is 11.7. The van der Waals surface area contributed by atoms with Gasteiger partial charge in [-0.25, -0.2) is 4.98 Å². The second kappa shape index (κ2) is 6.17. The van der Waals surface area contributed by atoms with Crippen LogP contribution in [0.4, 0.5) is 0 Å². The molecule has 3 rings (SSSR count). The van der Waals surface area contributed by atoms with E-state index in [0.717, 1.165) is 31.1 Å². The molecule has 0 saturated carbocycles. The van der Waals surface area contributed by atoms with E-state index in [9.17, 15) is 0 Å². The first-order valence-electron chi connectivity index (χ1n) is 6.76. The molecule has 1 saturated heterocycles. The van der Waals surface area contributed by atoms with Gasteiger partial charge in [-0.3, -0.25) is 0 Å². The molecule has 100 valence electrons. The third-order valence-electron chi connectivity index (χ3n) is 3.47. The quantitative estimate of drug-likeness (QED) is 0.929. The van der Waals surface area contributed by atoms with Gasteiger partial charge < -0.3 is 10.1 Å². The van der Waals surface area contributed by atoms with Crippen molar-refractivity contribution >= 4 is 11.3 Å². The highest BCUT2D eigenvalue weighted by molar-refractivity contribution is 7.13. The standard InChI is InChI=1S/C15H18N2OS/c1-3-13(14-4-2-10-19-14)15(17-7-1)18-11-12-5-8-16-9-6-12/h1-4,7,10,12,16H,5-6,8-9,11H2. The first kappa shape index (κ1) is 12.6. The number of aromatic nitrogens is 1. The average molecular weight is 274 g/mol. The maximum absolute atomic E-state index is 5.97. The Morgan fingerprint density at radius 1 is 1.26 bits per heavy atom. The maximum atomic E-state index is 5.97. The number of ether oxygens (including phenoxy) is 1. The van der Waals surface area contributed by atoms with E-state index in [-0.39, 0.29) is 0 Å². The molecule has 1 fully saturated rings. The molecule has 3 heterocycles. The van der Waals surface area contributed by atoms with Gasteiger partial charge in [0, 0.05) is 11.1 Å². The topological polar surface area (TPSA) is 34.1 Å². The van der Waals surface area contributed by atoms with Crippen molar-refractivity contribution in [2.75, 3.05) is 19.7 Å². The Hall–Kier alpha value is -1.39. The molecule has 2 aromatic rings. The fraction of sp³-hybridized carbons (Fsp3) is 0.400. The highest BCUT2D eigenvalue weighted by Gasteiger charge is 2.15. The van der Waals surface area contributed by atoms with Crippen LogP contribution in [-0.4, -0.2) is 24.7 Å².